The van der Waals surface area contributed by atoms with E-state index in [0.717, 1.165) is 19.4 Å². The first kappa shape index (κ1) is 12.8. The summed E-state index contributed by atoms with van der Waals surface area (Å²) in [6.45, 7) is 2.78. The summed E-state index contributed by atoms with van der Waals surface area (Å²) in [5.74, 6) is 0.217. The molecule has 0 aromatic carbocycles. The normalized spacial score (nSPS) is 23.4. The highest BCUT2D eigenvalue weighted by Crippen LogP contribution is 2.20. The lowest BCUT2D eigenvalue weighted by Crippen LogP contribution is -2.33. The highest BCUT2D eigenvalue weighted by molar-refractivity contribution is 5.94. The molecular weight excluding hydrogens is 232 g/mol. The zero-order chi connectivity index (χ0) is 13.0. The SMILES string of the molecule is COC(=O)c1cccnc1NC1CCOC(C)C1. The number of nitrogens with one attached hydrogen (secondary N) is 1. The van der Waals surface area contributed by atoms with Crippen molar-refractivity contribution in [2.45, 2.75) is 31.9 Å². The van der Waals surface area contributed by atoms with E-state index in [9.17, 15) is 4.79 Å². The molecule has 1 saturated heterocycles. The number of carbonyl (C=O) groups is 1. The van der Waals surface area contributed by atoms with Gasteiger partial charge in [-0.25, -0.2) is 9.78 Å². The van der Waals surface area contributed by atoms with Crippen LogP contribution in [0.2, 0.25) is 0 Å². The predicted octanol–water partition coefficient (Wildman–Crippen LogP) is 1.85. The lowest BCUT2D eigenvalue weighted by Gasteiger charge is -2.28. The lowest BCUT2D eigenvalue weighted by atomic mass is 10.0. The van der Waals surface area contributed by atoms with E-state index in [1.54, 1.807) is 18.3 Å². The maximum absolute atomic E-state index is 11.6. The van der Waals surface area contributed by atoms with Gasteiger partial charge in [0.05, 0.1) is 13.2 Å². The monoisotopic (exact) mass is 250 g/mol. The number of methoxy groups -OCH3 is 1. The van der Waals surface area contributed by atoms with Gasteiger partial charge in [-0.15, -0.1) is 0 Å². The molecule has 0 saturated carbocycles. The number of hydrogen-bond acceptors (Lipinski definition) is 5. The van der Waals surface area contributed by atoms with Gasteiger partial charge >= 0.3 is 5.97 Å². The largest absolute Gasteiger partial charge is 0.465 e. The van der Waals surface area contributed by atoms with E-state index in [1.807, 2.05) is 6.92 Å². The second-order valence-electron chi connectivity index (χ2n) is 4.44. The molecule has 1 aromatic rings. The number of aromatic nitrogens is 1. The Hall–Kier alpha value is -1.62. The van der Waals surface area contributed by atoms with E-state index in [2.05, 4.69) is 10.3 Å². The minimum atomic E-state index is -0.370. The smallest absolute Gasteiger partial charge is 0.341 e. The molecule has 98 valence electrons. The second kappa shape index (κ2) is 5.82. The average molecular weight is 250 g/mol. The summed E-state index contributed by atoms with van der Waals surface area (Å²) in [4.78, 5) is 15.8. The van der Waals surface area contributed by atoms with Gasteiger partial charge in [0, 0.05) is 18.8 Å². The van der Waals surface area contributed by atoms with E-state index in [4.69, 9.17) is 9.47 Å². The molecule has 2 atom stereocenters. The maximum Gasteiger partial charge on any atom is 0.341 e. The number of rotatable bonds is 3. The fourth-order valence-corrected chi connectivity index (χ4v) is 2.12. The van der Waals surface area contributed by atoms with Crippen molar-refractivity contribution >= 4 is 11.8 Å². The van der Waals surface area contributed by atoms with Crippen LogP contribution in [0.15, 0.2) is 18.3 Å². The molecule has 1 aliphatic rings. The predicted molar refractivity (Wildman–Crippen MR) is 67.6 cm³/mol. The number of ether oxygens (including phenoxy) is 2. The van der Waals surface area contributed by atoms with Crippen molar-refractivity contribution in [2.75, 3.05) is 19.0 Å². The fourth-order valence-electron chi connectivity index (χ4n) is 2.12. The quantitative estimate of drug-likeness (QED) is 0.829. The number of anilines is 1. The molecule has 18 heavy (non-hydrogen) atoms. The van der Waals surface area contributed by atoms with Crippen LogP contribution in [0.4, 0.5) is 5.82 Å². The van der Waals surface area contributed by atoms with Crippen molar-refractivity contribution in [3.8, 4) is 0 Å². The number of nitrogens with zero attached hydrogens (tertiary/aromatic N) is 1. The maximum atomic E-state index is 11.6. The summed E-state index contributed by atoms with van der Waals surface area (Å²) >= 11 is 0. The molecule has 2 rings (SSSR count). The van der Waals surface area contributed by atoms with Gasteiger partial charge in [0.25, 0.3) is 0 Å². The Balaban J connectivity index is 2.10. The zero-order valence-electron chi connectivity index (χ0n) is 10.7. The summed E-state index contributed by atoms with van der Waals surface area (Å²) in [6.07, 6.45) is 3.73. The lowest BCUT2D eigenvalue weighted by molar-refractivity contribution is 0.0231. The molecule has 1 N–H and O–H groups in total. The molecule has 1 aromatic heterocycles. The van der Waals surface area contributed by atoms with Crippen LogP contribution in [0.25, 0.3) is 0 Å². The van der Waals surface area contributed by atoms with Crippen LogP contribution in [0.3, 0.4) is 0 Å². The highest BCUT2D eigenvalue weighted by Gasteiger charge is 2.21. The van der Waals surface area contributed by atoms with Gasteiger partial charge in [-0.2, -0.15) is 0 Å². The Kier molecular flexibility index (Phi) is 4.15. The molecule has 2 unspecified atom stereocenters. The minimum Gasteiger partial charge on any atom is -0.465 e. The number of pyridine rings is 1. The topological polar surface area (TPSA) is 60.5 Å². The summed E-state index contributed by atoms with van der Waals surface area (Å²) < 4.78 is 10.2. The molecule has 1 fully saturated rings. The Labute approximate surface area is 107 Å². The summed E-state index contributed by atoms with van der Waals surface area (Å²) in [5, 5.41) is 3.30. The second-order valence-corrected chi connectivity index (χ2v) is 4.44. The molecule has 0 spiro atoms. The molecule has 5 heteroatoms. The van der Waals surface area contributed by atoms with Crippen LogP contribution in [0.1, 0.15) is 30.1 Å². The van der Waals surface area contributed by atoms with Gasteiger partial charge < -0.3 is 14.8 Å². The minimum absolute atomic E-state index is 0.238. The van der Waals surface area contributed by atoms with Crippen LogP contribution in [0, 0.1) is 0 Å². The van der Waals surface area contributed by atoms with Crippen molar-refractivity contribution < 1.29 is 14.3 Å². The first-order valence-electron chi connectivity index (χ1n) is 6.12. The molecule has 5 nitrogen and oxygen atoms in total. The van der Waals surface area contributed by atoms with Gasteiger partial charge in [0.2, 0.25) is 0 Å². The van der Waals surface area contributed by atoms with Crippen molar-refractivity contribution in [3.05, 3.63) is 23.9 Å². The van der Waals surface area contributed by atoms with Crippen molar-refractivity contribution in [2.24, 2.45) is 0 Å². The van der Waals surface area contributed by atoms with Crippen molar-refractivity contribution in [3.63, 3.8) is 0 Å². The third-order valence-electron chi connectivity index (χ3n) is 3.04. The Bertz CT molecular complexity index is 422. The Morgan fingerprint density at radius 3 is 3.17 bits per heavy atom. The summed E-state index contributed by atoms with van der Waals surface area (Å²) in [6, 6.07) is 3.72. The first-order chi connectivity index (χ1) is 8.70. The third kappa shape index (κ3) is 2.98. The number of esters is 1. The van der Waals surface area contributed by atoms with E-state index in [1.165, 1.54) is 7.11 Å². The standard InChI is InChI=1S/C13H18N2O3/c1-9-8-10(5-7-18-9)15-12-11(13(16)17-2)4-3-6-14-12/h3-4,6,9-10H,5,7-8H2,1-2H3,(H,14,15). The summed E-state index contributed by atoms with van der Waals surface area (Å²) in [7, 11) is 1.37. The van der Waals surface area contributed by atoms with Gasteiger partial charge in [0.15, 0.2) is 0 Å². The van der Waals surface area contributed by atoms with Crippen LogP contribution in [-0.4, -0.2) is 36.8 Å². The van der Waals surface area contributed by atoms with Crippen LogP contribution >= 0.6 is 0 Å². The van der Waals surface area contributed by atoms with Gasteiger partial charge in [-0.1, -0.05) is 0 Å². The van der Waals surface area contributed by atoms with Gasteiger partial charge in [0.1, 0.15) is 11.4 Å². The fraction of sp³-hybridized carbons (Fsp3) is 0.538. The van der Waals surface area contributed by atoms with E-state index >= 15 is 0 Å². The Morgan fingerprint density at radius 2 is 2.44 bits per heavy atom. The number of carbonyl (C=O) groups excluding carboxylic acids is 1. The van der Waals surface area contributed by atoms with Crippen LogP contribution in [0.5, 0.6) is 0 Å². The van der Waals surface area contributed by atoms with E-state index < -0.39 is 0 Å². The Morgan fingerprint density at radius 1 is 1.61 bits per heavy atom. The van der Waals surface area contributed by atoms with Crippen LogP contribution < -0.4 is 5.32 Å². The number of hydrogen-bond donors (Lipinski definition) is 1. The first-order valence-corrected chi connectivity index (χ1v) is 6.12. The van der Waals surface area contributed by atoms with Gasteiger partial charge in [-0.05, 0) is 31.9 Å². The van der Waals surface area contributed by atoms with Crippen molar-refractivity contribution in [1.82, 2.24) is 4.98 Å². The summed E-state index contributed by atoms with van der Waals surface area (Å²) in [5.41, 5.74) is 0.471. The molecule has 0 amide bonds. The van der Waals surface area contributed by atoms with E-state index in [-0.39, 0.29) is 18.1 Å². The molecular formula is C13H18N2O3. The highest BCUT2D eigenvalue weighted by atomic mass is 16.5. The zero-order valence-corrected chi connectivity index (χ0v) is 10.7. The average Bonchev–Trinajstić information content (AvgIpc) is 2.38. The van der Waals surface area contributed by atoms with Gasteiger partial charge in [-0.3, -0.25) is 0 Å². The molecule has 1 aliphatic heterocycles. The molecule has 2 heterocycles. The third-order valence-corrected chi connectivity index (χ3v) is 3.04. The van der Waals surface area contributed by atoms with E-state index in [0.29, 0.717) is 11.4 Å². The molecule has 0 radical (unpaired) electrons. The van der Waals surface area contributed by atoms with Crippen molar-refractivity contribution in [1.29, 1.82) is 0 Å². The molecule has 0 aliphatic carbocycles. The van der Waals surface area contributed by atoms with Crippen LogP contribution in [-0.2, 0) is 9.47 Å². The molecule has 0 bridgehead atoms.